The van der Waals surface area contributed by atoms with Gasteiger partial charge in [0.2, 0.25) is 0 Å². The van der Waals surface area contributed by atoms with E-state index in [0.29, 0.717) is 13.0 Å². The molecule has 0 aromatic rings. The SMILES string of the molecule is CCOC(C)(CC)C(O)CCC(F)(F)F. The Bertz CT molecular complexity index is 182. The van der Waals surface area contributed by atoms with Crippen molar-refractivity contribution in [1.29, 1.82) is 0 Å². The predicted molar refractivity (Wildman–Crippen MR) is 51.6 cm³/mol. The maximum absolute atomic E-state index is 11.9. The summed E-state index contributed by atoms with van der Waals surface area (Å²) in [4.78, 5) is 0. The number of hydrogen-bond acceptors (Lipinski definition) is 2. The zero-order valence-corrected chi connectivity index (χ0v) is 9.40. The smallest absolute Gasteiger partial charge is 0.389 e. The van der Waals surface area contributed by atoms with Gasteiger partial charge >= 0.3 is 6.18 Å². The molecule has 0 heterocycles. The van der Waals surface area contributed by atoms with Crippen molar-refractivity contribution in [2.45, 2.75) is 57.9 Å². The molecular formula is C10H19F3O2. The maximum atomic E-state index is 11.9. The molecule has 0 radical (unpaired) electrons. The van der Waals surface area contributed by atoms with Crippen LogP contribution in [0.5, 0.6) is 0 Å². The Labute approximate surface area is 88.4 Å². The fraction of sp³-hybridized carbons (Fsp3) is 1.00. The zero-order valence-electron chi connectivity index (χ0n) is 9.40. The van der Waals surface area contributed by atoms with E-state index in [9.17, 15) is 18.3 Å². The molecule has 2 unspecified atom stereocenters. The summed E-state index contributed by atoms with van der Waals surface area (Å²) < 4.78 is 41.1. The van der Waals surface area contributed by atoms with Gasteiger partial charge in [0.15, 0.2) is 0 Å². The fourth-order valence-corrected chi connectivity index (χ4v) is 1.37. The molecule has 0 saturated carbocycles. The van der Waals surface area contributed by atoms with E-state index in [1.807, 2.05) is 0 Å². The van der Waals surface area contributed by atoms with Gasteiger partial charge in [-0.25, -0.2) is 0 Å². The molecule has 15 heavy (non-hydrogen) atoms. The van der Waals surface area contributed by atoms with Crippen LogP contribution in [0.2, 0.25) is 0 Å². The highest BCUT2D eigenvalue weighted by Crippen LogP contribution is 2.28. The van der Waals surface area contributed by atoms with E-state index in [1.165, 1.54) is 0 Å². The molecule has 0 fully saturated rings. The summed E-state index contributed by atoms with van der Waals surface area (Å²) >= 11 is 0. The van der Waals surface area contributed by atoms with Crippen LogP contribution in [0.1, 0.15) is 40.0 Å². The van der Waals surface area contributed by atoms with Gasteiger partial charge < -0.3 is 9.84 Å². The zero-order chi connectivity index (χ0) is 12.1. The molecule has 1 N–H and O–H groups in total. The largest absolute Gasteiger partial charge is 0.390 e. The number of hydrogen-bond donors (Lipinski definition) is 1. The first kappa shape index (κ1) is 14.7. The summed E-state index contributed by atoms with van der Waals surface area (Å²) in [6, 6.07) is 0. The molecule has 0 spiro atoms. The van der Waals surface area contributed by atoms with Crippen LogP contribution in [0.4, 0.5) is 13.2 Å². The lowest BCUT2D eigenvalue weighted by atomic mass is 9.92. The summed E-state index contributed by atoms with van der Waals surface area (Å²) in [5.74, 6) is 0. The van der Waals surface area contributed by atoms with Crippen LogP contribution < -0.4 is 0 Å². The Balaban J connectivity index is 4.21. The molecule has 92 valence electrons. The Morgan fingerprint density at radius 2 is 1.80 bits per heavy atom. The third-order valence-electron chi connectivity index (χ3n) is 2.58. The molecule has 0 rings (SSSR count). The van der Waals surface area contributed by atoms with E-state index in [2.05, 4.69) is 0 Å². The monoisotopic (exact) mass is 228 g/mol. The molecular weight excluding hydrogens is 209 g/mol. The van der Waals surface area contributed by atoms with E-state index in [1.54, 1.807) is 20.8 Å². The summed E-state index contributed by atoms with van der Waals surface area (Å²) in [6.45, 7) is 5.56. The van der Waals surface area contributed by atoms with Crippen molar-refractivity contribution in [1.82, 2.24) is 0 Å². The van der Waals surface area contributed by atoms with E-state index in [-0.39, 0.29) is 6.42 Å². The lowest BCUT2D eigenvalue weighted by Gasteiger charge is -2.33. The molecule has 2 atom stereocenters. The quantitative estimate of drug-likeness (QED) is 0.757. The van der Waals surface area contributed by atoms with Crippen LogP contribution in [-0.4, -0.2) is 29.6 Å². The van der Waals surface area contributed by atoms with Crippen molar-refractivity contribution < 1.29 is 23.0 Å². The Kier molecular flexibility index (Phi) is 5.59. The molecule has 0 amide bonds. The van der Waals surface area contributed by atoms with Gasteiger partial charge in [0, 0.05) is 13.0 Å². The topological polar surface area (TPSA) is 29.5 Å². The highest BCUT2D eigenvalue weighted by molar-refractivity contribution is 4.83. The minimum Gasteiger partial charge on any atom is -0.390 e. The maximum Gasteiger partial charge on any atom is 0.389 e. The second kappa shape index (κ2) is 5.70. The Morgan fingerprint density at radius 1 is 1.27 bits per heavy atom. The molecule has 0 aliphatic carbocycles. The van der Waals surface area contributed by atoms with Gasteiger partial charge in [-0.05, 0) is 26.7 Å². The first-order chi connectivity index (χ1) is 6.75. The number of rotatable bonds is 6. The number of alkyl halides is 3. The molecule has 5 heteroatoms. The normalized spacial score (nSPS) is 18.6. The van der Waals surface area contributed by atoms with Gasteiger partial charge in [-0.15, -0.1) is 0 Å². The third kappa shape index (κ3) is 5.37. The van der Waals surface area contributed by atoms with Crippen molar-refractivity contribution in [2.75, 3.05) is 6.61 Å². The van der Waals surface area contributed by atoms with Gasteiger partial charge in [-0.2, -0.15) is 13.2 Å². The van der Waals surface area contributed by atoms with E-state index >= 15 is 0 Å². The highest BCUT2D eigenvalue weighted by Gasteiger charge is 2.35. The fourth-order valence-electron chi connectivity index (χ4n) is 1.37. The van der Waals surface area contributed by atoms with Gasteiger partial charge in [-0.3, -0.25) is 0 Å². The highest BCUT2D eigenvalue weighted by atomic mass is 19.4. The van der Waals surface area contributed by atoms with Crippen LogP contribution in [0.25, 0.3) is 0 Å². The van der Waals surface area contributed by atoms with Crippen molar-refractivity contribution in [3.8, 4) is 0 Å². The standard InChI is InChI=1S/C10H19F3O2/c1-4-9(3,15-5-2)8(14)6-7-10(11,12)13/h8,14H,4-7H2,1-3H3. The van der Waals surface area contributed by atoms with Crippen molar-refractivity contribution in [3.05, 3.63) is 0 Å². The molecule has 0 aliphatic heterocycles. The minimum absolute atomic E-state index is 0.312. The van der Waals surface area contributed by atoms with Crippen LogP contribution in [0.3, 0.4) is 0 Å². The lowest BCUT2D eigenvalue weighted by molar-refractivity contribution is -0.157. The van der Waals surface area contributed by atoms with Gasteiger partial charge in [0.1, 0.15) is 0 Å². The molecule has 2 nitrogen and oxygen atoms in total. The Morgan fingerprint density at radius 3 is 2.13 bits per heavy atom. The van der Waals surface area contributed by atoms with Crippen molar-refractivity contribution in [3.63, 3.8) is 0 Å². The van der Waals surface area contributed by atoms with E-state index in [4.69, 9.17) is 4.74 Å². The molecule has 0 aliphatic rings. The molecule has 0 aromatic carbocycles. The Hall–Kier alpha value is -0.290. The van der Waals surface area contributed by atoms with Gasteiger partial charge in [0.05, 0.1) is 11.7 Å². The van der Waals surface area contributed by atoms with E-state index in [0.717, 1.165) is 0 Å². The average molecular weight is 228 g/mol. The van der Waals surface area contributed by atoms with Crippen LogP contribution in [0, 0.1) is 0 Å². The summed E-state index contributed by atoms with van der Waals surface area (Å²) in [5.41, 5.74) is -0.875. The van der Waals surface area contributed by atoms with Crippen LogP contribution >= 0.6 is 0 Å². The first-order valence-corrected chi connectivity index (χ1v) is 5.14. The minimum atomic E-state index is -4.22. The molecule has 0 aromatic heterocycles. The van der Waals surface area contributed by atoms with Crippen LogP contribution in [0.15, 0.2) is 0 Å². The first-order valence-electron chi connectivity index (χ1n) is 5.14. The van der Waals surface area contributed by atoms with E-state index < -0.39 is 24.3 Å². The third-order valence-corrected chi connectivity index (χ3v) is 2.58. The summed E-state index contributed by atoms with van der Waals surface area (Å²) in [7, 11) is 0. The number of aliphatic hydroxyl groups excluding tert-OH is 1. The van der Waals surface area contributed by atoms with Crippen molar-refractivity contribution >= 4 is 0 Å². The number of aliphatic hydroxyl groups is 1. The summed E-state index contributed by atoms with van der Waals surface area (Å²) in [5, 5.41) is 9.64. The number of halogens is 3. The van der Waals surface area contributed by atoms with Crippen molar-refractivity contribution in [2.24, 2.45) is 0 Å². The summed E-state index contributed by atoms with van der Waals surface area (Å²) in [6.07, 6.45) is -6.10. The van der Waals surface area contributed by atoms with Gasteiger partial charge in [0.25, 0.3) is 0 Å². The van der Waals surface area contributed by atoms with Crippen LogP contribution in [-0.2, 0) is 4.74 Å². The van der Waals surface area contributed by atoms with Gasteiger partial charge in [-0.1, -0.05) is 6.92 Å². The predicted octanol–water partition coefficient (Wildman–Crippen LogP) is 2.90. The second-order valence-electron chi connectivity index (χ2n) is 3.77. The second-order valence-corrected chi connectivity index (χ2v) is 3.77. The molecule has 0 saturated heterocycles. The lowest BCUT2D eigenvalue weighted by Crippen LogP contribution is -2.42. The number of ether oxygens (including phenoxy) is 1. The average Bonchev–Trinajstić information content (AvgIpc) is 2.13. The molecule has 0 bridgehead atoms.